The number of carbonyl (C=O) groups excluding carboxylic acids is 1. The maximum Gasteiger partial charge on any atom is 0.238 e. The second kappa shape index (κ2) is 7.57. The largest absolute Gasteiger partial charge is 0.325 e. The Morgan fingerprint density at radius 3 is 2.90 bits per heavy atom. The molecule has 1 saturated heterocycles. The van der Waals surface area contributed by atoms with E-state index in [9.17, 15) is 9.18 Å². The van der Waals surface area contributed by atoms with Gasteiger partial charge in [0.25, 0.3) is 0 Å². The van der Waals surface area contributed by atoms with Crippen LogP contribution >= 0.6 is 12.4 Å². The summed E-state index contributed by atoms with van der Waals surface area (Å²) in [7, 11) is 1.94. The third-order valence-electron chi connectivity index (χ3n) is 3.51. The summed E-state index contributed by atoms with van der Waals surface area (Å²) in [6.07, 6.45) is 1.06. The molecule has 1 aliphatic rings. The number of rotatable bonds is 4. The van der Waals surface area contributed by atoms with E-state index >= 15 is 0 Å². The van der Waals surface area contributed by atoms with Gasteiger partial charge in [0.2, 0.25) is 5.91 Å². The lowest BCUT2D eigenvalue weighted by atomic mass is 10.2. The first-order chi connectivity index (χ1) is 9.06. The predicted octanol–water partition coefficient (Wildman–Crippen LogP) is 1.79. The van der Waals surface area contributed by atoms with Crippen molar-refractivity contribution in [3.05, 3.63) is 29.6 Å². The highest BCUT2D eigenvalue weighted by Gasteiger charge is 2.20. The lowest BCUT2D eigenvalue weighted by Gasteiger charge is -2.22. The van der Waals surface area contributed by atoms with Crippen molar-refractivity contribution in [2.24, 2.45) is 0 Å². The van der Waals surface area contributed by atoms with E-state index in [1.54, 1.807) is 19.1 Å². The summed E-state index contributed by atoms with van der Waals surface area (Å²) < 4.78 is 13.4. The molecule has 0 spiro atoms. The van der Waals surface area contributed by atoms with Crippen LogP contribution in [0.25, 0.3) is 0 Å². The zero-order chi connectivity index (χ0) is 13.8. The third-order valence-corrected chi connectivity index (χ3v) is 3.51. The maximum absolute atomic E-state index is 13.4. The Hall–Kier alpha value is -1.17. The smallest absolute Gasteiger partial charge is 0.238 e. The Kier molecular flexibility index (Phi) is 6.39. The van der Waals surface area contributed by atoms with Crippen LogP contribution in [0.4, 0.5) is 10.1 Å². The average Bonchev–Trinajstić information content (AvgIpc) is 2.87. The van der Waals surface area contributed by atoms with Crippen molar-refractivity contribution in [3.63, 3.8) is 0 Å². The van der Waals surface area contributed by atoms with Gasteiger partial charge in [0.15, 0.2) is 0 Å². The minimum Gasteiger partial charge on any atom is -0.325 e. The van der Waals surface area contributed by atoms with Crippen LogP contribution < -0.4 is 10.6 Å². The molecule has 2 rings (SSSR count). The molecule has 112 valence electrons. The standard InChI is InChI=1S/C14H20FN3O.ClH/c1-10-3-4-11(7-13(10)15)17-14(19)9-18(2)12-5-6-16-8-12;/h3-4,7,12,16H,5-6,8-9H2,1-2H3,(H,17,19);1H. The second-order valence-electron chi connectivity index (χ2n) is 5.07. The molecular weight excluding hydrogens is 281 g/mol. The first-order valence-electron chi connectivity index (χ1n) is 6.53. The van der Waals surface area contributed by atoms with Gasteiger partial charge in [0, 0.05) is 18.3 Å². The summed E-state index contributed by atoms with van der Waals surface area (Å²) in [6.45, 7) is 3.94. The van der Waals surface area contributed by atoms with Crippen molar-refractivity contribution in [2.75, 3.05) is 32.0 Å². The van der Waals surface area contributed by atoms with Crippen molar-refractivity contribution >= 4 is 24.0 Å². The van der Waals surface area contributed by atoms with E-state index in [4.69, 9.17) is 0 Å². The van der Waals surface area contributed by atoms with Crippen molar-refractivity contribution < 1.29 is 9.18 Å². The highest BCUT2D eigenvalue weighted by Crippen LogP contribution is 2.13. The minimum atomic E-state index is -0.300. The fourth-order valence-corrected chi connectivity index (χ4v) is 2.24. The van der Waals surface area contributed by atoms with Crippen LogP contribution in [0.5, 0.6) is 0 Å². The fraction of sp³-hybridized carbons (Fsp3) is 0.500. The summed E-state index contributed by atoms with van der Waals surface area (Å²) in [5.41, 5.74) is 1.08. The number of nitrogens with one attached hydrogen (secondary N) is 2. The number of benzene rings is 1. The van der Waals surface area contributed by atoms with Gasteiger partial charge in [0.05, 0.1) is 6.54 Å². The fourth-order valence-electron chi connectivity index (χ4n) is 2.24. The second-order valence-corrected chi connectivity index (χ2v) is 5.07. The molecule has 1 unspecified atom stereocenters. The highest BCUT2D eigenvalue weighted by molar-refractivity contribution is 5.92. The molecule has 20 heavy (non-hydrogen) atoms. The Bertz CT molecular complexity index is 464. The normalized spacial score (nSPS) is 17.9. The molecule has 1 aliphatic heterocycles. The summed E-state index contributed by atoms with van der Waals surface area (Å²) >= 11 is 0. The van der Waals surface area contributed by atoms with Gasteiger partial charge in [-0.05, 0) is 44.6 Å². The van der Waals surface area contributed by atoms with Crippen molar-refractivity contribution in [1.82, 2.24) is 10.2 Å². The van der Waals surface area contributed by atoms with Gasteiger partial charge in [0.1, 0.15) is 5.82 Å². The van der Waals surface area contributed by atoms with Gasteiger partial charge in [-0.2, -0.15) is 0 Å². The Labute approximate surface area is 125 Å². The zero-order valence-electron chi connectivity index (χ0n) is 11.8. The minimum absolute atomic E-state index is 0. The van der Waals surface area contributed by atoms with Crippen molar-refractivity contribution in [3.8, 4) is 0 Å². The molecule has 0 radical (unpaired) electrons. The third kappa shape index (κ3) is 4.44. The Morgan fingerprint density at radius 2 is 2.30 bits per heavy atom. The molecule has 0 aromatic heterocycles. The SMILES string of the molecule is Cc1ccc(NC(=O)CN(C)C2CCNC2)cc1F.Cl. The number of carbonyl (C=O) groups is 1. The van der Waals surface area contributed by atoms with Crippen LogP contribution in [0.1, 0.15) is 12.0 Å². The number of hydrogen-bond donors (Lipinski definition) is 2. The van der Waals surface area contributed by atoms with Gasteiger partial charge < -0.3 is 10.6 Å². The summed E-state index contributed by atoms with van der Waals surface area (Å²) in [5.74, 6) is -0.413. The Balaban J connectivity index is 0.00000200. The molecule has 1 heterocycles. The number of halogens is 2. The first-order valence-corrected chi connectivity index (χ1v) is 6.53. The monoisotopic (exact) mass is 301 g/mol. The Morgan fingerprint density at radius 1 is 1.55 bits per heavy atom. The van der Waals surface area contributed by atoms with Gasteiger partial charge in [-0.25, -0.2) is 4.39 Å². The maximum atomic E-state index is 13.4. The summed E-state index contributed by atoms with van der Waals surface area (Å²) in [4.78, 5) is 13.9. The average molecular weight is 302 g/mol. The number of nitrogens with zero attached hydrogens (tertiary/aromatic N) is 1. The van der Waals surface area contributed by atoms with Gasteiger partial charge in [-0.3, -0.25) is 9.69 Å². The van der Waals surface area contributed by atoms with Crippen LogP contribution in [-0.4, -0.2) is 43.5 Å². The van der Waals surface area contributed by atoms with Crippen molar-refractivity contribution in [2.45, 2.75) is 19.4 Å². The molecule has 0 aliphatic carbocycles. The number of anilines is 1. The number of hydrogen-bond acceptors (Lipinski definition) is 3. The zero-order valence-corrected chi connectivity index (χ0v) is 12.6. The van der Waals surface area contributed by atoms with Gasteiger partial charge in [-0.1, -0.05) is 6.07 Å². The topological polar surface area (TPSA) is 44.4 Å². The van der Waals surface area contributed by atoms with E-state index < -0.39 is 0 Å². The van der Waals surface area contributed by atoms with Gasteiger partial charge in [-0.15, -0.1) is 12.4 Å². The van der Waals surface area contributed by atoms with Crippen molar-refractivity contribution in [1.29, 1.82) is 0 Å². The molecule has 4 nitrogen and oxygen atoms in total. The highest BCUT2D eigenvalue weighted by atomic mass is 35.5. The lowest BCUT2D eigenvalue weighted by Crippen LogP contribution is -2.39. The number of aryl methyl sites for hydroxylation is 1. The molecule has 0 saturated carbocycles. The van der Waals surface area contributed by atoms with E-state index in [2.05, 4.69) is 10.6 Å². The number of amides is 1. The van der Waals surface area contributed by atoms with E-state index in [-0.39, 0.29) is 24.1 Å². The lowest BCUT2D eigenvalue weighted by molar-refractivity contribution is -0.117. The van der Waals surface area contributed by atoms with Crippen LogP contribution in [0.3, 0.4) is 0 Å². The van der Waals surface area contributed by atoms with Crippen LogP contribution in [0.2, 0.25) is 0 Å². The molecule has 2 N–H and O–H groups in total. The molecule has 0 bridgehead atoms. The molecule has 1 aromatic rings. The van der Waals surface area contributed by atoms with Crippen LogP contribution in [0, 0.1) is 12.7 Å². The quantitative estimate of drug-likeness (QED) is 0.891. The molecule has 1 fully saturated rings. The van der Waals surface area contributed by atoms with E-state index in [0.29, 0.717) is 23.8 Å². The van der Waals surface area contributed by atoms with Crippen LogP contribution in [0.15, 0.2) is 18.2 Å². The number of likely N-dealkylation sites (N-methyl/N-ethyl adjacent to an activating group) is 1. The molecule has 6 heteroatoms. The molecule has 1 aromatic carbocycles. The van der Waals surface area contributed by atoms with Crippen LogP contribution in [-0.2, 0) is 4.79 Å². The molecule has 1 atom stereocenters. The first kappa shape index (κ1) is 16.9. The summed E-state index contributed by atoms with van der Waals surface area (Å²) in [5, 5.41) is 5.99. The molecule has 1 amide bonds. The molecular formula is C14H21ClFN3O. The van der Waals surface area contributed by atoms with E-state index in [1.807, 2.05) is 11.9 Å². The van der Waals surface area contributed by atoms with E-state index in [0.717, 1.165) is 19.5 Å². The summed E-state index contributed by atoms with van der Waals surface area (Å²) in [6, 6.07) is 5.13. The van der Waals surface area contributed by atoms with E-state index in [1.165, 1.54) is 6.07 Å². The van der Waals surface area contributed by atoms with Gasteiger partial charge >= 0.3 is 0 Å². The predicted molar refractivity (Wildman–Crippen MR) is 80.9 cm³/mol.